The lowest BCUT2D eigenvalue weighted by atomic mass is 9.84. The standard InChI is InChI=1S/C13H18N2O/c14-13(16)11-5-4-9-2-1-3-10-6-7-15(8-11)12(9)10/h6-7,9,11H,1-5,8H2,(H2,14,16). The summed E-state index contributed by atoms with van der Waals surface area (Å²) in [4.78, 5) is 11.3. The Morgan fingerprint density at radius 1 is 1.38 bits per heavy atom. The number of rotatable bonds is 1. The van der Waals surface area contributed by atoms with E-state index >= 15 is 0 Å². The number of nitrogens with two attached hydrogens (primary N) is 1. The van der Waals surface area contributed by atoms with Gasteiger partial charge in [-0.2, -0.15) is 0 Å². The Hall–Kier alpha value is -1.25. The number of aromatic nitrogens is 1. The first-order valence-electron chi connectivity index (χ1n) is 6.23. The molecule has 2 heterocycles. The van der Waals surface area contributed by atoms with Gasteiger partial charge in [0.1, 0.15) is 0 Å². The maximum Gasteiger partial charge on any atom is 0.222 e. The molecule has 1 aliphatic carbocycles. The Morgan fingerprint density at radius 2 is 2.25 bits per heavy atom. The first kappa shape index (κ1) is 9.94. The van der Waals surface area contributed by atoms with Crippen molar-refractivity contribution < 1.29 is 4.79 Å². The molecule has 2 atom stereocenters. The van der Waals surface area contributed by atoms with Gasteiger partial charge in [0, 0.05) is 18.4 Å². The van der Waals surface area contributed by atoms with Crippen LogP contribution in [0.25, 0.3) is 0 Å². The first-order valence-corrected chi connectivity index (χ1v) is 6.23. The van der Waals surface area contributed by atoms with Gasteiger partial charge in [0.05, 0.1) is 5.92 Å². The Labute approximate surface area is 95.6 Å². The molecule has 1 aromatic heterocycles. The molecular formula is C13H18N2O. The Balaban J connectivity index is 1.99. The first-order chi connectivity index (χ1) is 7.75. The number of primary amides is 1. The average molecular weight is 218 g/mol. The van der Waals surface area contributed by atoms with Gasteiger partial charge in [-0.15, -0.1) is 0 Å². The molecule has 0 radical (unpaired) electrons. The van der Waals surface area contributed by atoms with Crippen molar-refractivity contribution in [2.45, 2.75) is 44.6 Å². The zero-order valence-electron chi connectivity index (χ0n) is 9.48. The molecule has 2 aliphatic rings. The van der Waals surface area contributed by atoms with Crippen molar-refractivity contribution in [1.82, 2.24) is 4.57 Å². The van der Waals surface area contributed by atoms with Crippen molar-refractivity contribution in [3.05, 3.63) is 23.5 Å². The lowest BCUT2D eigenvalue weighted by molar-refractivity contribution is -0.122. The number of hydrogen-bond donors (Lipinski definition) is 1. The number of amides is 1. The second-order valence-electron chi connectivity index (χ2n) is 5.14. The molecule has 0 saturated carbocycles. The van der Waals surface area contributed by atoms with Crippen LogP contribution >= 0.6 is 0 Å². The maximum absolute atomic E-state index is 11.3. The number of carbonyl (C=O) groups excluding carboxylic acids is 1. The third-order valence-electron chi connectivity index (χ3n) is 4.16. The van der Waals surface area contributed by atoms with E-state index in [2.05, 4.69) is 16.8 Å². The van der Waals surface area contributed by atoms with E-state index in [4.69, 9.17) is 5.73 Å². The minimum absolute atomic E-state index is 0.0297. The van der Waals surface area contributed by atoms with Gasteiger partial charge >= 0.3 is 0 Å². The molecule has 0 saturated heterocycles. The monoisotopic (exact) mass is 218 g/mol. The molecule has 1 aliphatic heterocycles. The van der Waals surface area contributed by atoms with E-state index in [1.165, 1.54) is 30.5 Å². The van der Waals surface area contributed by atoms with Crippen molar-refractivity contribution in [3.8, 4) is 0 Å². The zero-order chi connectivity index (χ0) is 11.1. The van der Waals surface area contributed by atoms with Crippen LogP contribution < -0.4 is 5.73 Å². The van der Waals surface area contributed by atoms with E-state index in [0.717, 1.165) is 19.4 Å². The second kappa shape index (κ2) is 3.65. The molecule has 0 bridgehead atoms. The highest BCUT2D eigenvalue weighted by molar-refractivity contribution is 5.76. The summed E-state index contributed by atoms with van der Waals surface area (Å²) in [6, 6.07) is 2.23. The van der Waals surface area contributed by atoms with Crippen LogP contribution in [0.5, 0.6) is 0 Å². The summed E-state index contributed by atoms with van der Waals surface area (Å²) < 4.78 is 2.28. The van der Waals surface area contributed by atoms with Gasteiger partial charge in [-0.05, 0) is 49.7 Å². The predicted molar refractivity (Wildman–Crippen MR) is 62.0 cm³/mol. The van der Waals surface area contributed by atoms with Gasteiger partial charge in [-0.3, -0.25) is 4.79 Å². The quantitative estimate of drug-likeness (QED) is 0.767. The molecule has 3 heteroatoms. The van der Waals surface area contributed by atoms with Gasteiger partial charge in [0.15, 0.2) is 0 Å². The lowest BCUT2D eigenvalue weighted by Gasteiger charge is -2.22. The van der Waals surface area contributed by atoms with Gasteiger partial charge in [-0.1, -0.05) is 0 Å². The molecular weight excluding hydrogens is 200 g/mol. The van der Waals surface area contributed by atoms with E-state index in [9.17, 15) is 4.79 Å². The van der Waals surface area contributed by atoms with Crippen molar-refractivity contribution >= 4 is 5.91 Å². The van der Waals surface area contributed by atoms with Crippen molar-refractivity contribution in [2.24, 2.45) is 11.7 Å². The third-order valence-corrected chi connectivity index (χ3v) is 4.16. The number of carbonyl (C=O) groups is 1. The molecule has 0 fully saturated rings. The number of hydrogen-bond acceptors (Lipinski definition) is 1. The molecule has 3 rings (SSSR count). The van der Waals surface area contributed by atoms with Gasteiger partial charge < -0.3 is 10.3 Å². The molecule has 0 aromatic carbocycles. The Kier molecular flexibility index (Phi) is 2.27. The largest absolute Gasteiger partial charge is 0.369 e. The number of nitrogens with zero attached hydrogens (tertiary/aromatic N) is 1. The van der Waals surface area contributed by atoms with Crippen LogP contribution in [0, 0.1) is 5.92 Å². The summed E-state index contributed by atoms with van der Waals surface area (Å²) in [6.07, 6.45) is 8.02. The predicted octanol–water partition coefficient (Wildman–Crippen LogP) is 1.80. The molecule has 16 heavy (non-hydrogen) atoms. The highest BCUT2D eigenvalue weighted by atomic mass is 16.1. The SMILES string of the molecule is NC(=O)C1CCC2CCCc3ccn(c32)C1. The van der Waals surface area contributed by atoms with Gasteiger partial charge in [-0.25, -0.2) is 0 Å². The summed E-state index contributed by atoms with van der Waals surface area (Å²) in [5.41, 5.74) is 8.45. The summed E-state index contributed by atoms with van der Waals surface area (Å²) in [5.74, 6) is 0.561. The maximum atomic E-state index is 11.3. The van der Waals surface area contributed by atoms with Crippen LogP contribution in [0.3, 0.4) is 0 Å². The Bertz CT molecular complexity index is 422. The molecule has 0 spiro atoms. The van der Waals surface area contributed by atoms with Crippen molar-refractivity contribution in [3.63, 3.8) is 0 Å². The van der Waals surface area contributed by atoms with E-state index < -0.39 is 0 Å². The Morgan fingerprint density at radius 3 is 3.06 bits per heavy atom. The summed E-state index contributed by atoms with van der Waals surface area (Å²) in [6.45, 7) is 0.793. The normalized spacial score (nSPS) is 28.2. The van der Waals surface area contributed by atoms with Crippen LogP contribution in [-0.2, 0) is 17.8 Å². The van der Waals surface area contributed by atoms with Crippen LogP contribution in [0.15, 0.2) is 12.3 Å². The molecule has 3 nitrogen and oxygen atoms in total. The fourth-order valence-corrected chi connectivity index (χ4v) is 3.32. The smallest absolute Gasteiger partial charge is 0.222 e. The minimum Gasteiger partial charge on any atom is -0.369 e. The molecule has 1 aromatic rings. The summed E-state index contributed by atoms with van der Waals surface area (Å²) in [7, 11) is 0. The van der Waals surface area contributed by atoms with Crippen LogP contribution in [-0.4, -0.2) is 10.5 Å². The van der Waals surface area contributed by atoms with E-state index in [-0.39, 0.29) is 11.8 Å². The zero-order valence-corrected chi connectivity index (χ0v) is 9.48. The average Bonchev–Trinajstić information content (AvgIpc) is 2.56. The number of aryl methyl sites for hydroxylation is 1. The van der Waals surface area contributed by atoms with E-state index in [1.807, 2.05) is 0 Å². The lowest BCUT2D eigenvalue weighted by Crippen LogP contribution is -2.26. The summed E-state index contributed by atoms with van der Waals surface area (Å²) >= 11 is 0. The molecule has 1 amide bonds. The highest BCUT2D eigenvalue weighted by Gasteiger charge is 2.30. The van der Waals surface area contributed by atoms with Gasteiger partial charge in [0.2, 0.25) is 5.91 Å². The van der Waals surface area contributed by atoms with Crippen molar-refractivity contribution in [1.29, 1.82) is 0 Å². The van der Waals surface area contributed by atoms with E-state index in [1.54, 1.807) is 0 Å². The minimum atomic E-state index is -0.138. The third kappa shape index (κ3) is 1.46. The summed E-state index contributed by atoms with van der Waals surface area (Å²) in [5, 5.41) is 0. The highest BCUT2D eigenvalue weighted by Crippen LogP contribution is 2.39. The molecule has 2 unspecified atom stereocenters. The van der Waals surface area contributed by atoms with Crippen LogP contribution in [0.2, 0.25) is 0 Å². The fraction of sp³-hybridized carbons (Fsp3) is 0.615. The fourth-order valence-electron chi connectivity index (χ4n) is 3.32. The second-order valence-corrected chi connectivity index (χ2v) is 5.14. The topological polar surface area (TPSA) is 48.0 Å². The molecule has 86 valence electrons. The van der Waals surface area contributed by atoms with E-state index in [0.29, 0.717) is 5.92 Å². The van der Waals surface area contributed by atoms with Gasteiger partial charge in [0.25, 0.3) is 0 Å². The van der Waals surface area contributed by atoms with Crippen LogP contribution in [0.4, 0.5) is 0 Å². The molecule has 2 N–H and O–H groups in total. The van der Waals surface area contributed by atoms with Crippen LogP contribution in [0.1, 0.15) is 42.9 Å². The van der Waals surface area contributed by atoms with Crippen molar-refractivity contribution in [2.75, 3.05) is 0 Å².